The maximum atomic E-state index is 17.2. The number of alkyl halides is 1. The number of aliphatic hydroxyl groups is 2. The number of ketones is 2. The fourth-order valence-electron chi connectivity index (χ4n) is 8.10. The number of Topliss-reactive ketones (excluding diaryl/α,β-unsaturated/α-hetero) is 1. The van der Waals surface area contributed by atoms with Gasteiger partial charge in [0.25, 0.3) is 0 Å². The van der Waals surface area contributed by atoms with E-state index in [0.29, 0.717) is 31.3 Å². The number of carbonyl (C=O) groups is 3. The van der Waals surface area contributed by atoms with Crippen LogP contribution in [-0.4, -0.2) is 58.5 Å². The van der Waals surface area contributed by atoms with Crippen molar-refractivity contribution < 1.29 is 38.5 Å². The van der Waals surface area contributed by atoms with Crippen LogP contribution in [0.25, 0.3) is 0 Å². The van der Waals surface area contributed by atoms with Gasteiger partial charge >= 0.3 is 6.16 Å². The third-order valence-electron chi connectivity index (χ3n) is 10.2. The van der Waals surface area contributed by atoms with Crippen LogP contribution in [0.15, 0.2) is 23.8 Å². The molecule has 0 aromatic carbocycles. The largest absolute Gasteiger partial charge is 0.508 e. The molecule has 0 aromatic rings. The lowest BCUT2D eigenvalue weighted by Gasteiger charge is -2.62. The highest BCUT2D eigenvalue weighted by Crippen LogP contribution is 2.70. The molecule has 3 saturated carbocycles. The molecule has 4 aliphatic rings. The Kier molecular flexibility index (Phi) is 7.49. The molecule has 0 bridgehead atoms. The first-order valence-electron chi connectivity index (χ1n) is 13.7. The zero-order chi connectivity index (χ0) is 27.2. The van der Waals surface area contributed by atoms with Crippen molar-refractivity contribution in [3.8, 4) is 0 Å². The van der Waals surface area contributed by atoms with E-state index < -0.39 is 58.6 Å². The molecule has 0 amide bonds. The van der Waals surface area contributed by atoms with Gasteiger partial charge in [-0.1, -0.05) is 51.7 Å². The van der Waals surface area contributed by atoms with E-state index in [9.17, 15) is 24.6 Å². The van der Waals surface area contributed by atoms with Crippen molar-refractivity contribution in [3.05, 3.63) is 23.8 Å². The van der Waals surface area contributed by atoms with Crippen LogP contribution in [0.2, 0.25) is 0 Å². The molecule has 37 heavy (non-hydrogen) atoms. The van der Waals surface area contributed by atoms with E-state index in [1.807, 2.05) is 0 Å². The average molecular weight is 521 g/mol. The maximum Gasteiger partial charge on any atom is 0.508 e. The van der Waals surface area contributed by atoms with E-state index in [1.165, 1.54) is 12.2 Å². The molecule has 8 heteroatoms. The molecule has 0 spiro atoms. The summed E-state index contributed by atoms with van der Waals surface area (Å²) in [6, 6.07) is 0. The van der Waals surface area contributed by atoms with Gasteiger partial charge in [0.15, 0.2) is 18.1 Å². The first-order valence-corrected chi connectivity index (χ1v) is 13.7. The Hall–Kier alpha value is -2.06. The Bertz CT molecular complexity index is 1010. The normalized spacial score (nSPS) is 42.4. The monoisotopic (exact) mass is 520 g/mol. The predicted molar refractivity (Wildman–Crippen MR) is 134 cm³/mol. The smallest absolute Gasteiger partial charge is 0.434 e. The molecule has 206 valence electrons. The number of unbranched alkanes of at least 4 members (excludes halogenated alkanes) is 3. The molecule has 0 aromatic heterocycles. The molecule has 2 N–H and O–H groups in total. The highest BCUT2D eigenvalue weighted by molar-refractivity contribution is 6.01. The lowest BCUT2D eigenvalue weighted by Crippen LogP contribution is -2.69. The summed E-state index contributed by atoms with van der Waals surface area (Å²) >= 11 is 0. The van der Waals surface area contributed by atoms with Gasteiger partial charge in [-0.25, -0.2) is 9.18 Å². The summed E-state index contributed by atoms with van der Waals surface area (Å²) < 4.78 is 27.3. The van der Waals surface area contributed by atoms with Crippen LogP contribution in [0.1, 0.15) is 79.1 Å². The van der Waals surface area contributed by atoms with Crippen molar-refractivity contribution in [2.45, 2.75) is 96.4 Å². The molecule has 0 heterocycles. The van der Waals surface area contributed by atoms with Gasteiger partial charge in [0.05, 0.1) is 12.7 Å². The van der Waals surface area contributed by atoms with Crippen LogP contribution in [0.5, 0.6) is 0 Å². The second-order valence-electron chi connectivity index (χ2n) is 12.0. The average Bonchev–Trinajstić information content (AvgIpc) is 3.05. The molecule has 0 aliphatic heterocycles. The third kappa shape index (κ3) is 4.10. The maximum absolute atomic E-state index is 17.2. The Morgan fingerprint density at radius 3 is 2.59 bits per heavy atom. The minimum atomic E-state index is -2.04. The van der Waals surface area contributed by atoms with Crippen LogP contribution in [-0.2, 0) is 19.1 Å². The van der Waals surface area contributed by atoms with Crippen molar-refractivity contribution in [1.82, 2.24) is 0 Å². The highest BCUT2D eigenvalue weighted by Gasteiger charge is 2.75. The molecular weight excluding hydrogens is 479 g/mol. The number of hydrogen-bond donors (Lipinski definition) is 2. The third-order valence-corrected chi connectivity index (χ3v) is 10.2. The first-order chi connectivity index (χ1) is 17.4. The second kappa shape index (κ2) is 9.92. The first kappa shape index (κ1) is 28.0. The van der Waals surface area contributed by atoms with Gasteiger partial charge in [0, 0.05) is 16.7 Å². The van der Waals surface area contributed by atoms with E-state index in [2.05, 4.69) is 6.92 Å². The lowest BCUT2D eigenvalue weighted by molar-refractivity contribution is -0.219. The van der Waals surface area contributed by atoms with Crippen molar-refractivity contribution >= 4 is 17.7 Å². The quantitative estimate of drug-likeness (QED) is 0.354. The van der Waals surface area contributed by atoms with E-state index in [-0.39, 0.29) is 24.7 Å². The van der Waals surface area contributed by atoms with Crippen LogP contribution < -0.4 is 0 Å². The number of aliphatic hydroxyl groups excluding tert-OH is 1. The van der Waals surface area contributed by atoms with Gasteiger partial charge < -0.3 is 19.7 Å². The minimum absolute atomic E-state index is 0.121. The number of hydrogen-bond acceptors (Lipinski definition) is 7. The number of halogens is 1. The second-order valence-corrected chi connectivity index (χ2v) is 12.0. The number of fused-ring (bicyclic) bond motifs is 5. The minimum Gasteiger partial charge on any atom is -0.434 e. The Morgan fingerprint density at radius 1 is 1.16 bits per heavy atom. The summed E-state index contributed by atoms with van der Waals surface area (Å²) in [4.78, 5) is 37.4. The van der Waals surface area contributed by atoms with Crippen molar-refractivity contribution in [2.75, 3.05) is 13.2 Å². The standard InChI is InChI=1S/C29H41FO7/c1-5-6-7-8-13-36-25(34)37-17-24(33)29(35)18(2)14-22-21-10-9-19-15-20(31)11-12-26(19,3)28(21,30)23(32)16-27(22,29)4/h11-12,15,18,21-23,32,35H,5-10,13-14,16-17H2,1-4H3/t18-,21+,22+,23+,26+,27+,28+,29+/m1/s1. The van der Waals surface area contributed by atoms with Crippen molar-refractivity contribution in [2.24, 2.45) is 28.6 Å². The summed E-state index contributed by atoms with van der Waals surface area (Å²) in [5.41, 5.74) is -5.49. The summed E-state index contributed by atoms with van der Waals surface area (Å²) in [6.07, 6.45) is 6.97. The van der Waals surface area contributed by atoms with E-state index in [4.69, 9.17) is 9.47 Å². The van der Waals surface area contributed by atoms with Gasteiger partial charge in [0.1, 0.15) is 5.60 Å². The predicted octanol–water partition coefficient (Wildman–Crippen LogP) is 4.64. The van der Waals surface area contributed by atoms with Crippen LogP contribution >= 0.6 is 0 Å². The number of ether oxygens (including phenoxy) is 2. The van der Waals surface area contributed by atoms with Gasteiger partial charge in [0.2, 0.25) is 5.78 Å². The molecule has 0 unspecified atom stereocenters. The van der Waals surface area contributed by atoms with E-state index in [1.54, 1.807) is 26.8 Å². The van der Waals surface area contributed by atoms with Gasteiger partial charge in [-0.2, -0.15) is 0 Å². The topological polar surface area (TPSA) is 110 Å². The number of rotatable bonds is 8. The fourth-order valence-corrected chi connectivity index (χ4v) is 8.10. The van der Waals surface area contributed by atoms with E-state index in [0.717, 1.165) is 19.3 Å². The van der Waals surface area contributed by atoms with Gasteiger partial charge in [-0.15, -0.1) is 0 Å². The van der Waals surface area contributed by atoms with Crippen LogP contribution in [0, 0.1) is 28.6 Å². The molecule has 0 radical (unpaired) electrons. The fraction of sp³-hybridized carbons (Fsp3) is 0.759. The molecule has 4 aliphatic carbocycles. The van der Waals surface area contributed by atoms with E-state index >= 15 is 4.39 Å². The van der Waals surface area contributed by atoms with Gasteiger partial charge in [-0.3, -0.25) is 9.59 Å². The molecule has 7 nitrogen and oxygen atoms in total. The molecule has 4 rings (SSSR count). The molecular formula is C29H41FO7. The Balaban J connectivity index is 1.52. The highest BCUT2D eigenvalue weighted by atomic mass is 19.1. The molecule has 3 fully saturated rings. The Labute approximate surface area is 218 Å². The molecule has 0 saturated heterocycles. The summed E-state index contributed by atoms with van der Waals surface area (Å²) in [6.45, 7) is 6.88. The van der Waals surface area contributed by atoms with Crippen LogP contribution in [0.3, 0.4) is 0 Å². The number of allylic oxidation sites excluding steroid dienone is 4. The van der Waals surface area contributed by atoms with Crippen molar-refractivity contribution in [1.29, 1.82) is 0 Å². The van der Waals surface area contributed by atoms with Crippen molar-refractivity contribution in [3.63, 3.8) is 0 Å². The zero-order valence-corrected chi connectivity index (χ0v) is 22.4. The lowest BCUT2D eigenvalue weighted by atomic mass is 9.44. The van der Waals surface area contributed by atoms with Gasteiger partial charge in [-0.05, 0) is 63.0 Å². The molecule has 8 atom stereocenters. The number of carbonyl (C=O) groups excluding carboxylic acids is 3. The Morgan fingerprint density at radius 2 is 1.89 bits per heavy atom. The summed E-state index contributed by atoms with van der Waals surface area (Å²) in [5.74, 6) is -2.35. The zero-order valence-electron chi connectivity index (χ0n) is 22.4. The SMILES string of the molecule is CCCCCCOC(=O)OCC(=O)[C@@]1(O)[C@H](C)C[C@H]2[C@@H]3CCC4=CC(=O)C=C[C@]4(C)[C@@]3(F)[C@@H](O)C[C@@]21C. The summed E-state index contributed by atoms with van der Waals surface area (Å²) in [7, 11) is 0. The van der Waals surface area contributed by atoms with Crippen LogP contribution in [0.4, 0.5) is 9.18 Å². The summed E-state index contributed by atoms with van der Waals surface area (Å²) in [5, 5.41) is 23.3.